The molecule has 0 bridgehead atoms. The van der Waals surface area contributed by atoms with Crippen molar-refractivity contribution in [1.29, 1.82) is 0 Å². The summed E-state index contributed by atoms with van der Waals surface area (Å²) in [7, 11) is -0.0122. The van der Waals surface area contributed by atoms with Gasteiger partial charge in [-0.3, -0.25) is 0 Å². The van der Waals surface area contributed by atoms with E-state index in [0.29, 0.717) is 18.3 Å². The van der Waals surface area contributed by atoms with Gasteiger partial charge in [0.05, 0.1) is 12.2 Å². The van der Waals surface area contributed by atoms with E-state index in [0.717, 1.165) is 6.42 Å². The summed E-state index contributed by atoms with van der Waals surface area (Å²) in [4.78, 5) is 0. The fourth-order valence-electron chi connectivity index (χ4n) is 3.57. The van der Waals surface area contributed by atoms with Crippen molar-refractivity contribution >= 4 is 7.12 Å². The van der Waals surface area contributed by atoms with Crippen molar-refractivity contribution < 1.29 is 9.31 Å². The predicted molar refractivity (Wildman–Crippen MR) is 78.2 cm³/mol. The Kier molecular flexibility index (Phi) is 3.03. The molecule has 1 aromatic carbocycles. The van der Waals surface area contributed by atoms with Gasteiger partial charge in [-0.25, -0.2) is 0 Å². The Balaban J connectivity index is 1.72. The first-order chi connectivity index (χ1) is 8.92. The van der Waals surface area contributed by atoms with Gasteiger partial charge in [-0.05, 0) is 43.0 Å². The fraction of sp³-hybridized carbons (Fsp3) is 0.625. The maximum atomic E-state index is 6.03. The van der Waals surface area contributed by atoms with Gasteiger partial charge in [0, 0.05) is 0 Å². The van der Waals surface area contributed by atoms with Crippen molar-refractivity contribution in [2.45, 2.75) is 50.9 Å². The first kappa shape index (κ1) is 13.2. The number of rotatable bonds is 2. The second-order valence-corrected chi connectivity index (χ2v) is 7.00. The molecule has 0 N–H and O–H groups in total. The van der Waals surface area contributed by atoms with Crippen molar-refractivity contribution in [2.75, 3.05) is 6.61 Å². The van der Waals surface area contributed by atoms with Crippen LogP contribution in [0.4, 0.5) is 0 Å². The standard InChI is InChI=1S/C16H23BO2/c1-12-14(17-18-11-15(2,3)19-17)10-16(12,4)13-8-6-5-7-9-13/h5-9,12,14H,10-11H2,1-4H3/t12-,14-,16+/m1/s1. The van der Waals surface area contributed by atoms with Crippen molar-refractivity contribution in [3.05, 3.63) is 35.9 Å². The van der Waals surface area contributed by atoms with E-state index in [2.05, 4.69) is 58.0 Å². The van der Waals surface area contributed by atoms with Crippen molar-refractivity contribution in [1.82, 2.24) is 0 Å². The summed E-state index contributed by atoms with van der Waals surface area (Å²) in [6.07, 6.45) is 1.15. The lowest BCUT2D eigenvalue weighted by Crippen LogP contribution is -2.51. The van der Waals surface area contributed by atoms with Crippen LogP contribution in [0.3, 0.4) is 0 Å². The highest BCUT2D eigenvalue weighted by Gasteiger charge is 2.57. The van der Waals surface area contributed by atoms with Gasteiger partial charge < -0.3 is 9.31 Å². The van der Waals surface area contributed by atoms with E-state index in [1.54, 1.807) is 0 Å². The molecule has 1 aliphatic heterocycles. The van der Waals surface area contributed by atoms with E-state index in [1.165, 1.54) is 5.56 Å². The lowest BCUT2D eigenvalue weighted by atomic mass is 9.42. The number of benzene rings is 1. The van der Waals surface area contributed by atoms with Crippen LogP contribution in [0.1, 0.15) is 39.7 Å². The normalized spacial score (nSPS) is 37.2. The maximum absolute atomic E-state index is 6.03. The summed E-state index contributed by atoms with van der Waals surface area (Å²) >= 11 is 0. The quantitative estimate of drug-likeness (QED) is 0.753. The Hall–Kier alpha value is -0.795. The topological polar surface area (TPSA) is 18.5 Å². The van der Waals surface area contributed by atoms with Crippen LogP contribution in [0, 0.1) is 5.92 Å². The molecule has 102 valence electrons. The van der Waals surface area contributed by atoms with Crippen LogP contribution in [0.15, 0.2) is 30.3 Å². The molecule has 1 heterocycles. The van der Waals surface area contributed by atoms with Gasteiger partial charge in [0.15, 0.2) is 0 Å². The van der Waals surface area contributed by atoms with E-state index in [-0.39, 0.29) is 18.1 Å². The first-order valence-electron chi connectivity index (χ1n) is 7.27. The van der Waals surface area contributed by atoms with Crippen LogP contribution in [0.2, 0.25) is 5.82 Å². The van der Waals surface area contributed by atoms with E-state index < -0.39 is 0 Å². The van der Waals surface area contributed by atoms with Crippen LogP contribution >= 0.6 is 0 Å². The van der Waals surface area contributed by atoms with Gasteiger partial charge in [0.25, 0.3) is 0 Å². The van der Waals surface area contributed by atoms with Gasteiger partial charge in [-0.1, -0.05) is 44.2 Å². The molecule has 0 unspecified atom stereocenters. The molecule has 1 saturated carbocycles. The maximum Gasteiger partial charge on any atom is 0.461 e. The Morgan fingerprint density at radius 2 is 1.84 bits per heavy atom. The highest BCUT2D eigenvalue weighted by Crippen LogP contribution is 2.58. The van der Waals surface area contributed by atoms with Crippen molar-refractivity contribution in [2.24, 2.45) is 5.92 Å². The molecule has 3 heteroatoms. The molecule has 19 heavy (non-hydrogen) atoms. The van der Waals surface area contributed by atoms with Gasteiger partial charge in [0.1, 0.15) is 0 Å². The third-order valence-corrected chi connectivity index (χ3v) is 5.12. The molecule has 1 aromatic rings. The average Bonchev–Trinajstić information content (AvgIpc) is 2.76. The highest BCUT2D eigenvalue weighted by atomic mass is 16.7. The molecular formula is C16H23BO2. The Morgan fingerprint density at radius 1 is 1.16 bits per heavy atom. The third kappa shape index (κ3) is 2.13. The van der Waals surface area contributed by atoms with Crippen LogP contribution in [-0.2, 0) is 14.7 Å². The molecule has 0 radical (unpaired) electrons. The minimum Gasteiger partial charge on any atom is -0.408 e. The summed E-state index contributed by atoms with van der Waals surface area (Å²) in [5, 5.41) is 0. The largest absolute Gasteiger partial charge is 0.461 e. The summed E-state index contributed by atoms with van der Waals surface area (Å²) < 4.78 is 11.9. The lowest BCUT2D eigenvalue weighted by Gasteiger charge is -2.53. The zero-order chi connectivity index (χ0) is 13.7. The average molecular weight is 258 g/mol. The molecule has 0 aromatic heterocycles. The van der Waals surface area contributed by atoms with Crippen molar-refractivity contribution in [3.8, 4) is 0 Å². The summed E-state index contributed by atoms with van der Waals surface area (Å²) in [5.74, 6) is 1.11. The smallest absolute Gasteiger partial charge is 0.408 e. The third-order valence-electron chi connectivity index (χ3n) is 5.12. The van der Waals surface area contributed by atoms with Gasteiger partial charge >= 0.3 is 7.12 Å². The molecule has 3 atom stereocenters. The Morgan fingerprint density at radius 3 is 2.37 bits per heavy atom. The van der Waals surface area contributed by atoms with Crippen molar-refractivity contribution in [3.63, 3.8) is 0 Å². The van der Waals surface area contributed by atoms with E-state index >= 15 is 0 Å². The molecular weight excluding hydrogens is 235 g/mol. The zero-order valence-corrected chi connectivity index (χ0v) is 12.3. The summed E-state index contributed by atoms with van der Waals surface area (Å²) in [5.41, 5.74) is 1.59. The molecule has 1 aliphatic carbocycles. The summed E-state index contributed by atoms with van der Waals surface area (Å²) in [6.45, 7) is 9.62. The van der Waals surface area contributed by atoms with E-state index in [1.807, 2.05) is 0 Å². The SMILES string of the molecule is C[C@@H]1[C@H](B2OCC(C)(C)O2)C[C@]1(C)c1ccccc1. The molecule has 0 amide bonds. The lowest BCUT2D eigenvalue weighted by molar-refractivity contribution is 0.107. The van der Waals surface area contributed by atoms with E-state index in [4.69, 9.17) is 9.31 Å². The minimum atomic E-state index is -0.122. The molecule has 2 fully saturated rings. The second-order valence-electron chi connectivity index (χ2n) is 7.00. The minimum absolute atomic E-state index is 0.0122. The molecule has 0 spiro atoms. The fourth-order valence-corrected chi connectivity index (χ4v) is 3.57. The zero-order valence-electron chi connectivity index (χ0n) is 12.3. The molecule has 1 saturated heterocycles. The van der Waals surface area contributed by atoms with E-state index in [9.17, 15) is 0 Å². The Labute approximate surface area is 116 Å². The van der Waals surface area contributed by atoms with Gasteiger partial charge in [-0.15, -0.1) is 0 Å². The van der Waals surface area contributed by atoms with Crippen LogP contribution < -0.4 is 0 Å². The van der Waals surface area contributed by atoms with Crippen LogP contribution in [0.5, 0.6) is 0 Å². The predicted octanol–water partition coefficient (Wildman–Crippen LogP) is 3.67. The van der Waals surface area contributed by atoms with Crippen LogP contribution in [-0.4, -0.2) is 19.3 Å². The van der Waals surface area contributed by atoms with Crippen LogP contribution in [0.25, 0.3) is 0 Å². The number of hydrogen-bond acceptors (Lipinski definition) is 2. The highest BCUT2D eigenvalue weighted by molar-refractivity contribution is 6.47. The molecule has 3 rings (SSSR count). The monoisotopic (exact) mass is 258 g/mol. The number of hydrogen-bond donors (Lipinski definition) is 0. The summed E-state index contributed by atoms with van der Waals surface area (Å²) in [6, 6.07) is 10.8. The second kappa shape index (κ2) is 4.36. The Bertz CT molecular complexity index is 459. The molecule has 2 nitrogen and oxygen atoms in total. The molecule has 2 aliphatic rings. The van der Waals surface area contributed by atoms with Gasteiger partial charge in [-0.2, -0.15) is 0 Å². The van der Waals surface area contributed by atoms with Gasteiger partial charge in [0.2, 0.25) is 0 Å². The first-order valence-corrected chi connectivity index (χ1v) is 7.27.